The van der Waals surface area contributed by atoms with Crippen molar-refractivity contribution in [3.8, 4) is 28.9 Å². The fourth-order valence-electron chi connectivity index (χ4n) is 11.7. The summed E-state index contributed by atoms with van der Waals surface area (Å²) in [5.74, 6) is -0.126. The zero-order valence-electron chi connectivity index (χ0n) is 39.7. The molecule has 2 aromatic heterocycles. The first-order valence-electron chi connectivity index (χ1n) is 24.4. The minimum Gasteiger partial charge on any atom is -0.486 e. The topological polar surface area (TPSA) is 199 Å². The number of piperidine rings is 1. The van der Waals surface area contributed by atoms with E-state index in [1.807, 2.05) is 13.0 Å². The van der Waals surface area contributed by atoms with Crippen molar-refractivity contribution >= 4 is 38.3 Å². The average molecular weight is 963 g/mol. The standard InChI is InChI=1S/C52H62N6O10S/c1-32(2)39-8-5-6-9-40(39)42-10-7-21-57(42)36-29-52(30-36)18-22-56(23-19-52)35-11-12-41(44(26-35)68-46-25-34-15-20-53-48(34)54-50(46)65-4)49(59)55-69(63,64)38-27-43(58(61)62)47-45(28-38)66-31-37(67-47)24-33-13-16-51(3,60)17-14-33/h5-6,8-9,11-12,15,20,25-28,32-33,36-37,42,60H,7,10,13-14,16-19,21-24,29-31H2,1-4H3,(H,53,54)(H,55,59)/t33?,37-,42-,51?/m1/s1. The van der Waals surface area contributed by atoms with Gasteiger partial charge in [0.2, 0.25) is 5.75 Å². The largest absolute Gasteiger partial charge is 0.486 e. The van der Waals surface area contributed by atoms with E-state index in [9.17, 15) is 28.4 Å². The van der Waals surface area contributed by atoms with Crippen LogP contribution in [0.4, 0.5) is 11.4 Å². The molecule has 4 fully saturated rings. The van der Waals surface area contributed by atoms with Crippen molar-refractivity contribution in [2.45, 2.75) is 126 Å². The van der Waals surface area contributed by atoms with E-state index in [1.54, 1.807) is 24.4 Å². The summed E-state index contributed by atoms with van der Waals surface area (Å²) in [4.78, 5) is 38.0. The number of sulfonamides is 1. The molecule has 0 unspecified atom stereocenters. The van der Waals surface area contributed by atoms with Crippen LogP contribution in [0.15, 0.2) is 77.8 Å². The number of nitro groups is 1. The molecule has 5 aliphatic rings. The highest BCUT2D eigenvalue weighted by atomic mass is 32.2. The Hall–Kier alpha value is -5.91. The first-order chi connectivity index (χ1) is 33.1. The van der Waals surface area contributed by atoms with Crippen molar-refractivity contribution in [1.82, 2.24) is 19.6 Å². The second-order valence-electron chi connectivity index (χ2n) is 20.6. The SMILES string of the molecule is COc1nc2[nH]ccc2cc1Oc1cc(N2CCC3(CC2)CC(N2CCC[C@@H]2c2ccccc2C(C)C)C3)ccc1C(=O)NS(=O)(=O)c1cc2c(c([N+](=O)[O-])c1)O[C@H](CC1CCC(C)(O)CC1)CO2. The number of aromatic nitrogens is 2. The van der Waals surface area contributed by atoms with Gasteiger partial charge in [0.1, 0.15) is 24.1 Å². The third kappa shape index (κ3) is 9.44. The molecule has 0 radical (unpaired) electrons. The van der Waals surface area contributed by atoms with Crippen molar-refractivity contribution in [3.05, 3.63) is 99.7 Å². The fourth-order valence-corrected chi connectivity index (χ4v) is 12.7. The maximum atomic E-state index is 14.2. The molecule has 366 valence electrons. The number of carbonyl (C=O) groups is 1. The van der Waals surface area contributed by atoms with Gasteiger partial charge >= 0.3 is 5.69 Å². The molecule has 2 saturated carbocycles. The number of rotatable bonds is 13. The predicted octanol–water partition coefficient (Wildman–Crippen LogP) is 9.57. The van der Waals surface area contributed by atoms with Gasteiger partial charge in [-0.25, -0.2) is 13.1 Å². The number of nitrogens with one attached hydrogen (secondary N) is 2. The highest BCUT2D eigenvalue weighted by molar-refractivity contribution is 7.90. The molecule has 1 amide bonds. The number of likely N-dealkylation sites (tertiary alicyclic amines) is 1. The van der Waals surface area contributed by atoms with E-state index in [1.165, 1.54) is 50.0 Å². The van der Waals surface area contributed by atoms with Crippen LogP contribution in [0.25, 0.3) is 11.0 Å². The molecule has 69 heavy (non-hydrogen) atoms. The number of hydrogen-bond acceptors (Lipinski definition) is 13. The lowest BCUT2D eigenvalue weighted by Crippen LogP contribution is -2.54. The number of nitro benzene ring substituents is 1. The summed E-state index contributed by atoms with van der Waals surface area (Å²) in [6.07, 6.45) is 11.5. The number of aliphatic hydroxyl groups is 1. The lowest BCUT2D eigenvalue weighted by Gasteiger charge is -2.56. The number of fused-ring (bicyclic) bond motifs is 2. The van der Waals surface area contributed by atoms with Gasteiger partial charge in [-0.3, -0.25) is 19.8 Å². The van der Waals surface area contributed by atoms with Crippen molar-refractivity contribution in [2.75, 3.05) is 38.3 Å². The molecule has 10 rings (SSSR count). The van der Waals surface area contributed by atoms with E-state index in [-0.39, 0.29) is 52.4 Å². The highest BCUT2D eigenvalue weighted by Gasteiger charge is 2.50. The third-order valence-electron chi connectivity index (χ3n) is 15.6. The Morgan fingerprint density at radius 2 is 1.78 bits per heavy atom. The van der Waals surface area contributed by atoms with E-state index >= 15 is 0 Å². The molecule has 3 aliphatic heterocycles. The van der Waals surface area contributed by atoms with Gasteiger partial charge in [-0.1, -0.05) is 38.1 Å². The number of nitrogens with zero attached hydrogens (tertiary/aromatic N) is 4. The van der Waals surface area contributed by atoms with Crippen molar-refractivity contribution < 1.29 is 42.2 Å². The van der Waals surface area contributed by atoms with Gasteiger partial charge in [-0.05, 0) is 137 Å². The number of hydrogen-bond donors (Lipinski definition) is 3. The van der Waals surface area contributed by atoms with Gasteiger partial charge in [0, 0.05) is 60.6 Å². The van der Waals surface area contributed by atoms with Crippen molar-refractivity contribution in [1.29, 1.82) is 0 Å². The van der Waals surface area contributed by atoms with Gasteiger partial charge in [-0.2, -0.15) is 4.98 Å². The van der Waals surface area contributed by atoms with Gasteiger partial charge in [0.25, 0.3) is 21.8 Å². The minimum atomic E-state index is -4.72. The summed E-state index contributed by atoms with van der Waals surface area (Å²) in [6, 6.07) is 20.6. The number of pyridine rings is 1. The number of ether oxygens (including phenoxy) is 4. The second kappa shape index (κ2) is 18.4. The maximum absolute atomic E-state index is 14.2. The lowest BCUT2D eigenvalue weighted by atomic mass is 9.59. The van der Waals surface area contributed by atoms with E-state index in [0.717, 1.165) is 68.5 Å². The van der Waals surface area contributed by atoms with E-state index < -0.39 is 43.1 Å². The Morgan fingerprint density at radius 1 is 1.01 bits per heavy atom. The fraction of sp³-hybridized carbons (Fsp3) is 0.500. The molecule has 2 atom stereocenters. The monoisotopic (exact) mass is 962 g/mol. The van der Waals surface area contributed by atoms with Crippen molar-refractivity contribution in [2.24, 2.45) is 11.3 Å². The first kappa shape index (κ1) is 46.8. The zero-order chi connectivity index (χ0) is 48.2. The van der Waals surface area contributed by atoms with Gasteiger partial charge in [0.15, 0.2) is 11.5 Å². The van der Waals surface area contributed by atoms with Crippen LogP contribution in [0.5, 0.6) is 28.9 Å². The molecule has 1 spiro atoms. The van der Waals surface area contributed by atoms with Crippen LogP contribution in [-0.2, 0) is 10.0 Å². The Labute approximate surface area is 402 Å². The summed E-state index contributed by atoms with van der Waals surface area (Å²) in [6.45, 7) is 9.19. The molecule has 16 nitrogen and oxygen atoms in total. The predicted molar refractivity (Wildman–Crippen MR) is 260 cm³/mol. The minimum absolute atomic E-state index is 0.0540. The quantitative estimate of drug-likeness (QED) is 0.0745. The number of carbonyl (C=O) groups excluding carboxylic acids is 1. The molecule has 17 heteroatoms. The molecular weight excluding hydrogens is 901 g/mol. The number of aromatic amines is 1. The van der Waals surface area contributed by atoms with Gasteiger partial charge in [0.05, 0.1) is 28.1 Å². The number of amides is 1. The summed E-state index contributed by atoms with van der Waals surface area (Å²) in [5, 5.41) is 23.5. The molecule has 2 saturated heterocycles. The second-order valence-corrected chi connectivity index (χ2v) is 22.3. The number of benzene rings is 3. The van der Waals surface area contributed by atoms with Crippen LogP contribution in [0.3, 0.4) is 0 Å². The van der Waals surface area contributed by atoms with E-state index in [4.69, 9.17) is 18.9 Å². The molecule has 5 aromatic rings. The van der Waals surface area contributed by atoms with Gasteiger partial charge < -0.3 is 33.9 Å². The van der Waals surface area contributed by atoms with E-state index in [0.29, 0.717) is 42.9 Å². The van der Waals surface area contributed by atoms with E-state index in [2.05, 4.69) is 62.6 Å². The molecule has 0 bridgehead atoms. The molecule has 3 N–H and O–H groups in total. The number of H-pyrrole nitrogens is 1. The van der Waals surface area contributed by atoms with Crippen LogP contribution >= 0.6 is 0 Å². The Bertz CT molecular complexity index is 2860. The number of methoxy groups -OCH3 is 1. The molecule has 2 aliphatic carbocycles. The molecule has 5 heterocycles. The summed E-state index contributed by atoms with van der Waals surface area (Å²) in [7, 11) is -3.26. The third-order valence-corrected chi connectivity index (χ3v) is 16.9. The Morgan fingerprint density at radius 3 is 2.52 bits per heavy atom. The summed E-state index contributed by atoms with van der Waals surface area (Å²) in [5.41, 5.74) is 3.19. The lowest BCUT2D eigenvalue weighted by molar-refractivity contribution is -0.386. The van der Waals surface area contributed by atoms with Crippen LogP contribution in [0.1, 0.15) is 125 Å². The number of anilines is 1. The summed E-state index contributed by atoms with van der Waals surface area (Å²) >= 11 is 0. The normalized spacial score (nSPS) is 23.8. The average Bonchev–Trinajstić information content (AvgIpc) is 4.00. The highest BCUT2D eigenvalue weighted by Crippen LogP contribution is 2.54. The Balaban J connectivity index is 0.865. The first-order valence-corrected chi connectivity index (χ1v) is 25.9. The van der Waals surface area contributed by atoms with Crippen LogP contribution in [-0.4, -0.2) is 90.3 Å². The van der Waals surface area contributed by atoms with Crippen LogP contribution in [0, 0.1) is 21.4 Å². The van der Waals surface area contributed by atoms with Crippen LogP contribution < -0.4 is 28.6 Å². The van der Waals surface area contributed by atoms with Gasteiger partial charge in [-0.15, -0.1) is 0 Å². The maximum Gasteiger partial charge on any atom is 0.316 e. The molecule has 3 aromatic carbocycles. The van der Waals surface area contributed by atoms with Crippen LogP contribution in [0.2, 0.25) is 0 Å². The summed E-state index contributed by atoms with van der Waals surface area (Å²) < 4.78 is 54.3. The smallest absolute Gasteiger partial charge is 0.316 e. The Kier molecular flexibility index (Phi) is 12.5. The van der Waals surface area contributed by atoms with Crippen molar-refractivity contribution in [3.63, 3.8) is 0 Å². The zero-order valence-corrected chi connectivity index (χ0v) is 40.6. The molecular formula is C52H62N6O10S.